The van der Waals surface area contributed by atoms with E-state index in [-0.39, 0.29) is 11.1 Å². The normalized spacial score (nSPS) is 16.8. The van der Waals surface area contributed by atoms with Gasteiger partial charge in [-0.3, -0.25) is 9.59 Å². The minimum Gasteiger partial charge on any atom is -0.324 e. The van der Waals surface area contributed by atoms with Gasteiger partial charge in [0.2, 0.25) is 0 Å². The molecule has 120 valence electrons. The predicted octanol–water partition coefficient (Wildman–Crippen LogP) is 3.32. The van der Waals surface area contributed by atoms with Crippen molar-refractivity contribution in [2.24, 2.45) is 0 Å². The lowest BCUT2D eigenvalue weighted by Gasteiger charge is -2.26. The van der Waals surface area contributed by atoms with Gasteiger partial charge in [0, 0.05) is 0 Å². The molecule has 1 heterocycles. The van der Waals surface area contributed by atoms with Gasteiger partial charge in [0.15, 0.2) is 0 Å². The number of rotatable bonds is 3. The fraction of sp³-hybridized carbons (Fsp3) is 0.211. The van der Waals surface area contributed by atoms with Crippen LogP contribution in [0.4, 0.5) is 0 Å². The summed E-state index contributed by atoms with van der Waals surface area (Å²) in [6.45, 7) is 0. The standard InChI is InChI=1S/C19H15NO4/c21-17-15-9-1-2-10-16(15)18(22)20(17)24-19(23)14-8-4-7-13(11-14)12-5-3-6-12/h1-2,4,7-12H,3,5-6H2. The fourth-order valence-corrected chi connectivity index (χ4v) is 3.05. The van der Waals surface area contributed by atoms with E-state index in [0.29, 0.717) is 16.5 Å². The van der Waals surface area contributed by atoms with Crippen molar-refractivity contribution < 1.29 is 19.2 Å². The van der Waals surface area contributed by atoms with Crippen LogP contribution in [0.25, 0.3) is 0 Å². The zero-order valence-corrected chi connectivity index (χ0v) is 12.9. The lowest BCUT2D eigenvalue weighted by atomic mass is 9.80. The number of amides is 2. The Kier molecular flexibility index (Phi) is 3.41. The summed E-state index contributed by atoms with van der Waals surface area (Å²) in [6.07, 6.45) is 3.45. The third-order valence-electron chi connectivity index (χ3n) is 4.63. The summed E-state index contributed by atoms with van der Waals surface area (Å²) in [4.78, 5) is 41.9. The molecule has 0 aromatic heterocycles. The van der Waals surface area contributed by atoms with E-state index >= 15 is 0 Å². The Morgan fingerprint density at radius 2 is 1.62 bits per heavy atom. The summed E-state index contributed by atoms with van der Waals surface area (Å²) in [5.74, 6) is -1.44. The Hall–Kier alpha value is -2.95. The van der Waals surface area contributed by atoms with Crippen LogP contribution in [-0.2, 0) is 4.84 Å². The van der Waals surface area contributed by atoms with Crippen molar-refractivity contribution in [3.05, 3.63) is 70.8 Å². The second-order valence-corrected chi connectivity index (χ2v) is 6.08. The molecule has 0 unspecified atom stereocenters. The Bertz CT molecular complexity index is 819. The summed E-state index contributed by atoms with van der Waals surface area (Å²) in [5.41, 5.74) is 1.94. The van der Waals surface area contributed by atoms with E-state index in [4.69, 9.17) is 4.84 Å². The molecular weight excluding hydrogens is 306 g/mol. The number of benzene rings is 2. The Morgan fingerprint density at radius 3 is 2.21 bits per heavy atom. The molecule has 0 atom stereocenters. The molecule has 5 heteroatoms. The Morgan fingerprint density at radius 1 is 0.958 bits per heavy atom. The first-order valence-corrected chi connectivity index (χ1v) is 7.95. The highest BCUT2D eigenvalue weighted by Gasteiger charge is 2.38. The zero-order valence-electron chi connectivity index (χ0n) is 12.9. The minimum atomic E-state index is -0.703. The van der Waals surface area contributed by atoms with Gasteiger partial charge in [0.25, 0.3) is 11.8 Å². The third-order valence-corrected chi connectivity index (χ3v) is 4.63. The minimum absolute atomic E-state index is 0.249. The molecule has 2 amide bonds. The number of carbonyl (C=O) groups excluding carboxylic acids is 3. The third kappa shape index (κ3) is 2.29. The Labute approximate surface area is 138 Å². The lowest BCUT2D eigenvalue weighted by molar-refractivity contribution is -0.0584. The highest BCUT2D eigenvalue weighted by Crippen LogP contribution is 2.36. The van der Waals surface area contributed by atoms with E-state index in [1.165, 1.54) is 6.42 Å². The van der Waals surface area contributed by atoms with Crippen LogP contribution in [-0.4, -0.2) is 22.8 Å². The molecule has 0 saturated heterocycles. The van der Waals surface area contributed by atoms with Crippen molar-refractivity contribution in [1.82, 2.24) is 5.06 Å². The van der Waals surface area contributed by atoms with Crippen LogP contribution in [0.2, 0.25) is 0 Å². The maximum absolute atomic E-state index is 12.4. The van der Waals surface area contributed by atoms with Crippen molar-refractivity contribution in [2.45, 2.75) is 25.2 Å². The second kappa shape index (κ2) is 5.60. The monoisotopic (exact) mass is 321 g/mol. The molecule has 0 radical (unpaired) electrons. The van der Waals surface area contributed by atoms with Gasteiger partial charge in [-0.15, -0.1) is 0 Å². The summed E-state index contributed by atoms with van der Waals surface area (Å²) in [6, 6.07) is 13.6. The van der Waals surface area contributed by atoms with Gasteiger partial charge in [0.05, 0.1) is 16.7 Å². The molecule has 1 fully saturated rings. The number of nitrogens with zero attached hydrogens (tertiary/aromatic N) is 1. The summed E-state index contributed by atoms with van der Waals surface area (Å²) in [5, 5.41) is 0.545. The van der Waals surface area contributed by atoms with Gasteiger partial charge in [-0.25, -0.2) is 4.79 Å². The Balaban J connectivity index is 1.55. The fourth-order valence-electron chi connectivity index (χ4n) is 3.05. The van der Waals surface area contributed by atoms with Crippen molar-refractivity contribution in [3.63, 3.8) is 0 Å². The van der Waals surface area contributed by atoms with E-state index < -0.39 is 17.8 Å². The molecule has 2 aromatic rings. The van der Waals surface area contributed by atoms with Gasteiger partial charge in [-0.05, 0) is 48.6 Å². The van der Waals surface area contributed by atoms with Crippen molar-refractivity contribution in [1.29, 1.82) is 0 Å². The number of carbonyl (C=O) groups is 3. The molecule has 4 rings (SSSR count). The molecule has 2 aromatic carbocycles. The molecule has 0 bridgehead atoms. The van der Waals surface area contributed by atoms with Crippen LogP contribution in [0.1, 0.15) is 61.8 Å². The summed E-state index contributed by atoms with van der Waals surface area (Å²) in [7, 11) is 0. The van der Waals surface area contributed by atoms with Crippen LogP contribution in [0.5, 0.6) is 0 Å². The summed E-state index contributed by atoms with van der Waals surface area (Å²) >= 11 is 0. The van der Waals surface area contributed by atoms with Gasteiger partial charge >= 0.3 is 5.97 Å². The van der Waals surface area contributed by atoms with Gasteiger partial charge in [-0.2, -0.15) is 0 Å². The smallest absolute Gasteiger partial charge is 0.324 e. The van der Waals surface area contributed by atoms with Crippen LogP contribution in [0, 0.1) is 0 Å². The largest absolute Gasteiger partial charge is 0.363 e. The zero-order chi connectivity index (χ0) is 16.7. The second-order valence-electron chi connectivity index (χ2n) is 6.08. The van der Waals surface area contributed by atoms with E-state index in [0.717, 1.165) is 18.4 Å². The molecule has 2 aliphatic rings. The van der Waals surface area contributed by atoms with Crippen molar-refractivity contribution in [2.75, 3.05) is 0 Å². The first-order valence-electron chi connectivity index (χ1n) is 7.95. The van der Waals surface area contributed by atoms with E-state index in [1.54, 1.807) is 42.5 Å². The average Bonchev–Trinajstić information content (AvgIpc) is 2.79. The highest BCUT2D eigenvalue weighted by molar-refractivity contribution is 6.21. The van der Waals surface area contributed by atoms with Crippen LogP contribution < -0.4 is 0 Å². The molecular formula is C19H15NO4. The van der Waals surface area contributed by atoms with E-state index in [1.807, 2.05) is 6.07 Å². The SMILES string of the molecule is O=C(ON1C(=O)c2ccccc2C1=O)c1cccc(C2CCC2)c1. The van der Waals surface area contributed by atoms with Crippen LogP contribution in [0.3, 0.4) is 0 Å². The topological polar surface area (TPSA) is 63.7 Å². The first kappa shape index (κ1) is 14.6. The predicted molar refractivity (Wildman–Crippen MR) is 85.4 cm³/mol. The highest BCUT2D eigenvalue weighted by atomic mass is 16.7. The average molecular weight is 321 g/mol. The molecule has 24 heavy (non-hydrogen) atoms. The number of hydroxylamine groups is 2. The van der Waals surface area contributed by atoms with E-state index in [9.17, 15) is 14.4 Å². The molecule has 1 aliphatic heterocycles. The first-order chi connectivity index (χ1) is 11.6. The van der Waals surface area contributed by atoms with Gasteiger partial charge in [-0.1, -0.05) is 35.7 Å². The quantitative estimate of drug-likeness (QED) is 0.814. The number of hydrogen-bond acceptors (Lipinski definition) is 4. The molecule has 1 aliphatic carbocycles. The number of hydrogen-bond donors (Lipinski definition) is 0. The van der Waals surface area contributed by atoms with Crippen molar-refractivity contribution in [3.8, 4) is 0 Å². The van der Waals surface area contributed by atoms with Crippen molar-refractivity contribution >= 4 is 17.8 Å². The lowest BCUT2D eigenvalue weighted by Crippen LogP contribution is -2.32. The molecule has 1 saturated carbocycles. The van der Waals surface area contributed by atoms with Gasteiger partial charge in [0.1, 0.15) is 0 Å². The number of fused-ring (bicyclic) bond motifs is 1. The molecule has 0 N–H and O–H groups in total. The van der Waals surface area contributed by atoms with Gasteiger partial charge < -0.3 is 4.84 Å². The molecule has 0 spiro atoms. The van der Waals surface area contributed by atoms with Crippen LogP contribution >= 0.6 is 0 Å². The maximum atomic E-state index is 12.4. The maximum Gasteiger partial charge on any atom is 0.363 e. The van der Waals surface area contributed by atoms with E-state index in [2.05, 4.69) is 0 Å². The molecule has 5 nitrogen and oxygen atoms in total. The number of imide groups is 1. The summed E-state index contributed by atoms with van der Waals surface area (Å²) < 4.78 is 0. The van der Waals surface area contributed by atoms with Crippen LogP contribution in [0.15, 0.2) is 48.5 Å².